The molecule has 1 heterocycles. The maximum atomic E-state index is 12.0. The average Bonchev–Trinajstić information content (AvgIpc) is 2.53. The molecule has 2 N–H and O–H groups in total. The van der Waals surface area contributed by atoms with Crippen LogP contribution >= 0.6 is 24.2 Å². The minimum Gasteiger partial charge on any atom is -0.482 e. The van der Waals surface area contributed by atoms with E-state index in [1.54, 1.807) is 24.3 Å². The number of nitrogens with one attached hydrogen (secondary N) is 2. The van der Waals surface area contributed by atoms with E-state index in [1.165, 1.54) is 7.11 Å². The highest BCUT2D eigenvalue weighted by Gasteiger charge is 2.16. The lowest BCUT2D eigenvalue weighted by molar-refractivity contribution is -0.142. The van der Waals surface area contributed by atoms with Crippen molar-refractivity contribution in [2.24, 2.45) is 0 Å². The zero-order valence-corrected chi connectivity index (χ0v) is 14.5. The summed E-state index contributed by atoms with van der Waals surface area (Å²) in [6, 6.07) is 7.17. The third-order valence-electron chi connectivity index (χ3n) is 3.13. The van der Waals surface area contributed by atoms with Gasteiger partial charge in [-0.1, -0.05) is 6.07 Å². The zero-order valence-electron chi connectivity index (χ0n) is 12.9. The molecular formula is C15H21ClN2O4S. The van der Waals surface area contributed by atoms with Gasteiger partial charge in [0, 0.05) is 42.3 Å². The first-order valence-corrected chi connectivity index (χ1v) is 8.23. The van der Waals surface area contributed by atoms with Crippen molar-refractivity contribution in [2.75, 3.05) is 37.1 Å². The van der Waals surface area contributed by atoms with Gasteiger partial charge in [0.1, 0.15) is 5.75 Å². The number of amides is 1. The highest BCUT2D eigenvalue weighted by atomic mass is 35.5. The Labute approximate surface area is 146 Å². The van der Waals surface area contributed by atoms with Gasteiger partial charge in [-0.15, -0.1) is 12.4 Å². The number of ether oxygens (including phenoxy) is 2. The number of esters is 1. The van der Waals surface area contributed by atoms with Crippen LogP contribution < -0.4 is 15.4 Å². The molecule has 0 bridgehead atoms. The molecule has 128 valence electrons. The van der Waals surface area contributed by atoms with Gasteiger partial charge >= 0.3 is 5.97 Å². The van der Waals surface area contributed by atoms with Crippen LogP contribution in [0.1, 0.15) is 6.42 Å². The number of anilines is 1. The summed E-state index contributed by atoms with van der Waals surface area (Å²) in [5.74, 6) is 2.07. The smallest absolute Gasteiger partial charge is 0.343 e. The minimum absolute atomic E-state index is 0. The molecule has 2 rings (SSSR count). The summed E-state index contributed by atoms with van der Waals surface area (Å²) in [5.41, 5.74) is 0.649. The van der Waals surface area contributed by atoms with Crippen molar-refractivity contribution in [3.63, 3.8) is 0 Å². The third kappa shape index (κ3) is 7.11. The maximum Gasteiger partial charge on any atom is 0.343 e. The summed E-state index contributed by atoms with van der Waals surface area (Å²) in [4.78, 5) is 23.1. The highest BCUT2D eigenvalue weighted by Crippen LogP contribution is 2.18. The number of halogens is 1. The molecule has 1 saturated heterocycles. The molecule has 0 saturated carbocycles. The molecule has 1 atom stereocenters. The summed E-state index contributed by atoms with van der Waals surface area (Å²) in [5, 5.41) is 6.18. The Morgan fingerprint density at radius 2 is 2.26 bits per heavy atom. The van der Waals surface area contributed by atoms with E-state index in [0.717, 1.165) is 18.1 Å². The number of hydrogen-bond acceptors (Lipinski definition) is 6. The van der Waals surface area contributed by atoms with Gasteiger partial charge in [-0.2, -0.15) is 11.8 Å². The van der Waals surface area contributed by atoms with E-state index < -0.39 is 5.97 Å². The first kappa shape index (κ1) is 19.6. The normalized spacial score (nSPS) is 16.8. The molecule has 0 aliphatic carbocycles. The SMILES string of the molecule is COC(=O)COc1cccc(NC(=O)CC2CSCCN2)c1.Cl. The van der Waals surface area contributed by atoms with E-state index in [2.05, 4.69) is 15.4 Å². The maximum absolute atomic E-state index is 12.0. The topological polar surface area (TPSA) is 76.7 Å². The van der Waals surface area contributed by atoms with E-state index in [1.807, 2.05) is 11.8 Å². The quantitative estimate of drug-likeness (QED) is 0.752. The third-order valence-corrected chi connectivity index (χ3v) is 4.26. The number of carbonyl (C=O) groups is 2. The van der Waals surface area contributed by atoms with Crippen LogP contribution in [-0.2, 0) is 14.3 Å². The van der Waals surface area contributed by atoms with Crippen molar-refractivity contribution in [3.05, 3.63) is 24.3 Å². The van der Waals surface area contributed by atoms with E-state index in [9.17, 15) is 9.59 Å². The summed E-state index contributed by atoms with van der Waals surface area (Å²) in [6.07, 6.45) is 0.445. The molecule has 1 aromatic rings. The number of hydrogen-bond donors (Lipinski definition) is 2. The molecule has 0 spiro atoms. The monoisotopic (exact) mass is 360 g/mol. The van der Waals surface area contributed by atoms with Crippen LogP contribution in [0.4, 0.5) is 5.69 Å². The summed E-state index contributed by atoms with van der Waals surface area (Å²) >= 11 is 1.86. The standard InChI is InChI=1S/C15H20N2O4S.ClH/c1-20-15(19)9-21-13-4-2-3-11(7-13)17-14(18)8-12-10-22-6-5-16-12;/h2-4,7,12,16H,5-6,8-10H2,1H3,(H,17,18);1H. The van der Waals surface area contributed by atoms with Gasteiger partial charge in [0.2, 0.25) is 5.91 Å². The first-order chi connectivity index (χ1) is 10.7. The molecule has 1 amide bonds. The van der Waals surface area contributed by atoms with E-state index in [0.29, 0.717) is 17.9 Å². The molecule has 1 aliphatic rings. The van der Waals surface area contributed by atoms with Crippen molar-refractivity contribution in [1.82, 2.24) is 5.32 Å². The van der Waals surface area contributed by atoms with Gasteiger partial charge in [-0.25, -0.2) is 4.79 Å². The van der Waals surface area contributed by atoms with Crippen molar-refractivity contribution >= 4 is 41.7 Å². The first-order valence-electron chi connectivity index (χ1n) is 7.08. The lowest BCUT2D eigenvalue weighted by Gasteiger charge is -2.22. The molecule has 1 fully saturated rings. The van der Waals surface area contributed by atoms with Crippen LogP contribution in [0.3, 0.4) is 0 Å². The van der Waals surface area contributed by atoms with Crippen molar-refractivity contribution in [3.8, 4) is 5.75 Å². The van der Waals surface area contributed by atoms with Crippen molar-refractivity contribution < 1.29 is 19.1 Å². The lowest BCUT2D eigenvalue weighted by atomic mass is 10.2. The van der Waals surface area contributed by atoms with Gasteiger partial charge in [0.15, 0.2) is 6.61 Å². The molecule has 8 heteroatoms. The van der Waals surface area contributed by atoms with Crippen LogP contribution in [0.5, 0.6) is 5.75 Å². The lowest BCUT2D eigenvalue weighted by Crippen LogP contribution is -2.39. The molecular weight excluding hydrogens is 340 g/mol. The predicted molar refractivity (Wildman–Crippen MR) is 93.6 cm³/mol. The summed E-state index contributed by atoms with van der Waals surface area (Å²) in [6.45, 7) is 0.788. The van der Waals surface area contributed by atoms with Gasteiger partial charge in [-0.3, -0.25) is 4.79 Å². The molecule has 6 nitrogen and oxygen atoms in total. The van der Waals surface area contributed by atoms with Crippen molar-refractivity contribution in [2.45, 2.75) is 12.5 Å². The Hall–Kier alpha value is -1.44. The van der Waals surface area contributed by atoms with Gasteiger partial charge < -0.3 is 20.1 Å². The Morgan fingerprint density at radius 3 is 2.96 bits per heavy atom. The van der Waals surface area contributed by atoms with Crippen LogP contribution in [0.2, 0.25) is 0 Å². The molecule has 1 aliphatic heterocycles. The number of rotatable bonds is 6. The Bertz CT molecular complexity index is 524. The highest BCUT2D eigenvalue weighted by molar-refractivity contribution is 7.99. The molecule has 0 aromatic heterocycles. The van der Waals surface area contributed by atoms with Gasteiger partial charge in [-0.05, 0) is 12.1 Å². The average molecular weight is 361 g/mol. The molecule has 1 aromatic carbocycles. The number of thioether (sulfide) groups is 1. The van der Waals surface area contributed by atoms with E-state index >= 15 is 0 Å². The van der Waals surface area contributed by atoms with Gasteiger partial charge in [0.25, 0.3) is 0 Å². The second kappa shape index (κ2) is 10.4. The van der Waals surface area contributed by atoms with Crippen LogP contribution in [-0.4, -0.2) is 49.7 Å². The Morgan fingerprint density at radius 1 is 1.43 bits per heavy atom. The van der Waals surface area contributed by atoms with Gasteiger partial charge in [0.05, 0.1) is 7.11 Å². The second-order valence-corrected chi connectivity index (χ2v) is 6.02. The van der Waals surface area contributed by atoms with Crippen LogP contribution in [0, 0.1) is 0 Å². The second-order valence-electron chi connectivity index (χ2n) is 4.87. The van der Waals surface area contributed by atoms with Crippen LogP contribution in [0.15, 0.2) is 24.3 Å². The molecule has 23 heavy (non-hydrogen) atoms. The molecule has 1 unspecified atom stereocenters. The van der Waals surface area contributed by atoms with E-state index in [4.69, 9.17) is 4.74 Å². The fraction of sp³-hybridized carbons (Fsp3) is 0.467. The number of methoxy groups -OCH3 is 1. The number of carbonyl (C=O) groups excluding carboxylic acids is 2. The van der Waals surface area contributed by atoms with Crippen LogP contribution in [0.25, 0.3) is 0 Å². The van der Waals surface area contributed by atoms with Crippen molar-refractivity contribution in [1.29, 1.82) is 0 Å². The number of benzene rings is 1. The Kier molecular flexibility index (Phi) is 8.83. The summed E-state index contributed by atoms with van der Waals surface area (Å²) in [7, 11) is 1.31. The largest absolute Gasteiger partial charge is 0.482 e. The van der Waals surface area contributed by atoms with E-state index in [-0.39, 0.29) is 31.0 Å². The fourth-order valence-corrected chi connectivity index (χ4v) is 3.00. The molecule has 0 radical (unpaired) electrons. The Balaban J connectivity index is 0.00000264. The predicted octanol–water partition coefficient (Wildman–Crippen LogP) is 1.69. The minimum atomic E-state index is -0.449. The summed E-state index contributed by atoms with van der Waals surface area (Å²) < 4.78 is 9.80. The fourth-order valence-electron chi connectivity index (χ4n) is 2.05. The zero-order chi connectivity index (χ0) is 15.8.